The zero-order valence-electron chi connectivity index (χ0n) is 13.3. The summed E-state index contributed by atoms with van der Waals surface area (Å²) in [6.45, 7) is 6.90. The van der Waals surface area contributed by atoms with Gasteiger partial charge >= 0.3 is 0 Å². The number of carbonyl (C=O) groups excluding carboxylic acids is 1. The van der Waals surface area contributed by atoms with E-state index in [0.29, 0.717) is 25.9 Å². The van der Waals surface area contributed by atoms with Crippen molar-refractivity contribution in [3.8, 4) is 0 Å². The lowest BCUT2D eigenvalue weighted by Gasteiger charge is -2.21. The summed E-state index contributed by atoms with van der Waals surface area (Å²) in [5, 5.41) is 16.3. The van der Waals surface area contributed by atoms with E-state index in [1.807, 2.05) is 19.9 Å². The van der Waals surface area contributed by atoms with Crippen LogP contribution in [0.5, 0.6) is 0 Å². The molecule has 2 heterocycles. The first kappa shape index (κ1) is 16.7. The van der Waals surface area contributed by atoms with Crippen molar-refractivity contribution in [3.05, 3.63) is 38.8 Å². The van der Waals surface area contributed by atoms with Gasteiger partial charge in [0.2, 0.25) is 5.91 Å². The lowest BCUT2D eigenvalue weighted by atomic mass is 10.1. The molecule has 6 heteroatoms. The predicted octanol–water partition coefficient (Wildman–Crippen LogP) is 2.35. The van der Waals surface area contributed by atoms with Gasteiger partial charge in [0.1, 0.15) is 0 Å². The van der Waals surface area contributed by atoms with Gasteiger partial charge in [0.05, 0.1) is 18.8 Å². The van der Waals surface area contributed by atoms with Crippen LogP contribution < -0.4 is 0 Å². The number of carbonyl (C=O) groups is 1. The second-order valence-corrected chi connectivity index (χ2v) is 6.84. The van der Waals surface area contributed by atoms with Crippen LogP contribution >= 0.6 is 11.3 Å². The molecule has 0 aliphatic rings. The van der Waals surface area contributed by atoms with Crippen LogP contribution in [0.3, 0.4) is 0 Å². The van der Waals surface area contributed by atoms with E-state index in [-0.39, 0.29) is 12.5 Å². The van der Waals surface area contributed by atoms with Crippen molar-refractivity contribution >= 4 is 17.2 Å². The molecule has 0 atom stereocenters. The summed E-state index contributed by atoms with van der Waals surface area (Å²) in [5.41, 5.74) is 3.09. The molecule has 1 amide bonds. The molecule has 0 saturated heterocycles. The Morgan fingerprint density at radius 3 is 2.68 bits per heavy atom. The molecule has 22 heavy (non-hydrogen) atoms. The van der Waals surface area contributed by atoms with Crippen molar-refractivity contribution in [1.29, 1.82) is 0 Å². The normalized spacial score (nSPS) is 10.9. The Labute approximate surface area is 135 Å². The van der Waals surface area contributed by atoms with Crippen molar-refractivity contribution in [2.24, 2.45) is 0 Å². The molecule has 0 saturated carbocycles. The highest BCUT2D eigenvalue weighted by molar-refractivity contribution is 7.11. The standard InChI is InChI=1S/C16H23N3O2S/c1-11-4-5-14(22-11)10-19(8-9-20)16(21)7-6-15-12(2)17-18-13(15)3/h4-5,20H,6-10H2,1-3H3,(H,17,18). The maximum Gasteiger partial charge on any atom is 0.223 e. The van der Waals surface area contributed by atoms with Crippen molar-refractivity contribution in [2.45, 2.75) is 40.2 Å². The maximum atomic E-state index is 12.5. The number of nitrogens with zero attached hydrogens (tertiary/aromatic N) is 2. The van der Waals surface area contributed by atoms with Gasteiger partial charge in [-0.25, -0.2) is 0 Å². The molecule has 2 aromatic rings. The van der Waals surface area contributed by atoms with Gasteiger partial charge in [0, 0.05) is 28.4 Å². The Bertz CT molecular complexity index is 614. The largest absolute Gasteiger partial charge is 0.395 e. The van der Waals surface area contributed by atoms with E-state index in [1.165, 1.54) is 4.88 Å². The number of aliphatic hydroxyl groups excluding tert-OH is 1. The molecule has 2 N–H and O–H groups in total. The molecule has 0 aliphatic heterocycles. The van der Waals surface area contributed by atoms with Crippen LogP contribution in [0.15, 0.2) is 12.1 Å². The van der Waals surface area contributed by atoms with Crippen molar-refractivity contribution in [2.75, 3.05) is 13.2 Å². The molecule has 120 valence electrons. The molecule has 5 nitrogen and oxygen atoms in total. The number of rotatable bonds is 7. The second-order valence-electron chi connectivity index (χ2n) is 5.46. The smallest absolute Gasteiger partial charge is 0.223 e. The van der Waals surface area contributed by atoms with Gasteiger partial charge in [-0.2, -0.15) is 5.10 Å². The average molecular weight is 321 g/mol. The van der Waals surface area contributed by atoms with E-state index >= 15 is 0 Å². The summed E-state index contributed by atoms with van der Waals surface area (Å²) in [6.07, 6.45) is 1.12. The summed E-state index contributed by atoms with van der Waals surface area (Å²) in [4.78, 5) is 16.6. The Balaban J connectivity index is 1.97. The summed E-state index contributed by atoms with van der Waals surface area (Å²) >= 11 is 1.69. The van der Waals surface area contributed by atoms with Crippen LogP contribution in [0.2, 0.25) is 0 Å². The SMILES string of the molecule is Cc1ccc(CN(CCO)C(=O)CCc2c(C)n[nH]c2C)s1. The number of aryl methyl sites for hydroxylation is 3. The molecule has 2 rings (SSSR count). The molecule has 0 spiro atoms. The van der Waals surface area contributed by atoms with Crippen LogP contribution in [0.1, 0.15) is 33.1 Å². The van der Waals surface area contributed by atoms with Crippen molar-refractivity contribution in [3.63, 3.8) is 0 Å². The lowest BCUT2D eigenvalue weighted by Crippen LogP contribution is -2.33. The third kappa shape index (κ3) is 4.18. The second kappa shape index (κ2) is 7.56. The predicted molar refractivity (Wildman–Crippen MR) is 87.9 cm³/mol. The first-order chi connectivity index (χ1) is 10.5. The third-order valence-electron chi connectivity index (χ3n) is 3.73. The highest BCUT2D eigenvalue weighted by atomic mass is 32.1. The van der Waals surface area contributed by atoms with Crippen LogP contribution in [-0.2, 0) is 17.8 Å². The Morgan fingerprint density at radius 1 is 1.36 bits per heavy atom. The van der Waals surface area contributed by atoms with Gasteiger partial charge in [0.25, 0.3) is 0 Å². The topological polar surface area (TPSA) is 69.2 Å². The van der Waals surface area contributed by atoms with Gasteiger partial charge < -0.3 is 10.0 Å². The third-order valence-corrected chi connectivity index (χ3v) is 4.72. The highest BCUT2D eigenvalue weighted by Gasteiger charge is 2.16. The van der Waals surface area contributed by atoms with Gasteiger partial charge in [-0.15, -0.1) is 11.3 Å². The molecule has 0 bridgehead atoms. The van der Waals surface area contributed by atoms with E-state index < -0.39 is 0 Å². The summed E-state index contributed by atoms with van der Waals surface area (Å²) in [7, 11) is 0. The lowest BCUT2D eigenvalue weighted by molar-refractivity contribution is -0.132. The van der Waals surface area contributed by atoms with E-state index in [0.717, 1.165) is 21.8 Å². The fourth-order valence-corrected chi connectivity index (χ4v) is 3.41. The van der Waals surface area contributed by atoms with Crippen LogP contribution in [-0.4, -0.2) is 39.3 Å². The molecule has 0 aliphatic carbocycles. The Hall–Kier alpha value is -1.66. The molecule has 2 aromatic heterocycles. The molecule has 0 aromatic carbocycles. The first-order valence-electron chi connectivity index (χ1n) is 7.45. The van der Waals surface area contributed by atoms with Crippen molar-refractivity contribution < 1.29 is 9.90 Å². The Kier molecular flexibility index (Phi) is 5.74. The summed E-state index contributed by atoms with van der Waals surface area (Å²) in [6, 6.07) is 4.10. The van der Waals surface area contributed by atoms with Crippen LogP contribution in [0, 0.1) is 20.8 Å². The molecule has 0 fully saturated rings. The van der Waals surface area contributed by atoms with E-state index in [1.54, 1.807) is 16.2 Å². The number of aromatic nitrogens is 2. The van der Waals surface area contributed by atoms with Gasteiger partial charge in [-0.05, 0) is 44.9 Å². The zero-order valence-corrected chi connectivity index (χ0v) is 14.2. The van der Waals surface area contributed by atoms with E-state index in [4.69, 9.17) is 0 Å². The summed E-state index contributed by atoms with van der Waals surface area (Å²) < 4.78 is 0. The van der Waals surface area contributed by atoms with Crippen LogP contribution in [0.4, 0.5) is 0 Å². The Morgan fingerprint density at radius 2 is 2.14 bits per heavy atom. The monoisotopic (exact) mass is 321 g/mol. The summed E-state index contributed by atoms with van der Waals surface area (Å²) in [5.74, 6) is 0.0695. The van der Waals surface area contributed by atoms with Gasteiger partial charge in [-0.1, -0.05) is 0 Å². The molecule has 0 radical (unpaired) electrons. The highest BCUT2D eigenvalue weighted by Crippen LogP contribution is 2.18. The number of H-pyrrole nitrogens is 1. The van der Waals surface area contributed by atoms with Gasteiger partial charge in [0.15, 0.2) is 0 Å². The average Bonchev–Trinajstić information content (AvgIpc) is 3.03. The number of aliphatic hydroxyl groups is 1. The molecule has 0 unspecified atom stereocenters. The van der Waals surface area contributed by atoms with Crippen LogP contribution in [0.25, 0.3) is 0 Å². The number of thiophene rings is 1. The van der Waals surface area contributed by atoms with Crippen molar-refractivity contribution in [1.82, 2.24) is 15.1 Å². The maximum absolute atomic E-state index is 12.5. The number of hydrogen-bond acceptors (Lipinski definition) is 4. The zero-order chi connectivity index (χ0) is 16.1. The molecular weight excluding hydrogens is 298 g/mol. The van der Waals surface area contributed by atoms with E-state index in [9.17, 15) is 9.90 Å². The minimum atomic E-state index is -0.0140. The minimum absolute atomic E-state index is 0.0140. The van der Waals surface area contributed by atoms with E-state index in [2.05, 4.69) is 23.2 Å². The first-order valence-corrected chi connectivity index (χ1v) is 8.27. The fourth-order valence-electron chi connectivity index (χ4n) is 2.50. The number of amides is 1. The van der Waals surface area contributed by atoms with Gasteiger partial charge in [-0.3, -0.25) is 9.89 Å². The number of aromatic amines is 1. The fraction of sp³-hybridized carbons (Fsp3) is 0.500. The number of nitrogens with one attached hydrogen (secondary N) is 1. The quantitative estimate of drug-likeness (QED) is 0.822. The molecular formula is C16H23N3O2S. The minimum Gasteiger partial charge on any atom is -0.395 e. The number of hydrogen-bond donors (Lipinski definition) is 2.